The van der Waals surface area contributed by atoms with E-state index in [1.54, 1.807) is 19.0 Å². The van der Waals surface area contributed by atoms with Crippen molar-refractivity contribution in [2.24, 2.45) is 5.16 Å². The Morgan fingerprint density at radius 1 is 1.29 bits per heavy atom. The third-order valence-electron chi connectivity index (χ3n) is 7.25. The molecule has 0 aliphatic carbocycles. The number of nitrogens with two attached hydrogens (primary N) is 1. The lowest BCUT2D eigenvalue weighted by Crippen LogP contribution is -2.71. The van der Waals surface area contributed by atoms with E-state index in [4.69, 9.17) is 5.73 Å². The number of carbonyl (C=O) groups is 5. The Hall–Kier alpha value is -4.03. The van der Waals surface area contributed by atoms with E-state index in [0.717, 1.165) is 16.4 Å². The van der Waals surface area contributed by atoms with Gasteiger partial charge >= 0.3 is 5.97 Å². The number of rotatable bonds is 7. The predicted octanol–water partition coefficient (Wildman–Crippen LogP) is -1.99. The van der Waals surface area contributed by atoms with Gasteiger partial charge in [0.1, 0.15) is 17.1 Å². The number of hydrogen-bond acceptors (Lipinski definition) is 13. The summed E-state index contributed by atoms with van der Waals surface area (Å²) in [6, 6.07) is -1.62. The fourth-order valence-electron chi connectivity index (χ4n) is 5.27. The number of aliphatic carboxylic acids is 1. The molecule has 218 valence electrons. The van der Waals surface area contributed by atoms with Crippen molar-refractivity contribution in [2.45, 2.75) is 36.3 Å². The van der Waals surface area contributed by atoms with Gasteiger partial charge in [-0.1, -0.05) is 5.16 Å². The summed E-state index contributed by atoms with van der Waals surface area (Å²) in [5.41, 5.74) is 5.46. The van der Waals surface area contributed by atoms with Crippen molar-refractivity contribution in [1.82, 2.24) is 34.7 Å². The highest BCUT2D eigenvalue weighted by Gasteiger charge is 2.54. The Morgan fingerprint density at radius 2 is 2.05 bits per heavy atom. The first kappa shape index (κ1) is 28.5. The van der Waals surface area contributed by atoms with Crippen LogP contribution in [0.15, 0.2) is 28.1 Å². The molecule has 1 aromatic rings. The highest BCUT2D eigenvalue weighted by Crippen LogP contribution is 2.41. The second-order valence-corrected chi connectivity index (χ2v) is 11.8. The number of carboxylic acid groups (broad SMARTS) is 1. The van der Waals surface area contributed by atoms with Gasteiger partial charge in [-0.05, 0) is 24.5 Å². The Labute approximate surface area is 241 Å². The van der Waals surface area contributed by atoms with Gasteiger partial charge < -0.3 is 36.5 Å². The molecule has 5 rings (SSSR count). The number of fused-ring (bicyclic) bond motifs is 1. The number of aromatic nitrogens is 2. The molecule has 0 aromatic carbocycles. The van der Waals surface area contributed by atoms with Crippen molar-refractivity contribution in [3.8, 4) is 0 Å². The van der Waals surface area contributed by atoms with Crippen molar-refractivity contribution in [1.29, 1.82) is 0 Å². The maximum Gasteiger partial charge on any atom is 0.352 e. The summed E-state index contributed by atoms with van der Waals surface area (Å²) in [7, 11) is 3.35. The molecule has 4 amide bonds. The minimum Gasteiger partial charge on any atom is -0.477 e. The van der Waals surface area contributed by atoms with Gasteiger partial charge in [0.25, 0.3) is 11.8 Å². The van der Waals surface area contributed by atoms with Crippen LogP contribution in [0.5, 0.6) is 0 Å². The van der Waals surface area contributed by atoms with Gasteiger partial charge in [0.2, 0.25) is 23.4 Å². The average molecular weight is 606 g/mol. The lowest BCUT2D eigenvalue weighted by molar-refractivity contribution is -0.150. The standard InChI is InChI=1S/C23H27N9O7S2/c1-30(2)19(35)12-6-11(7-25-12)31-4-3-9(18(31)34)5-10-8-40-21-14(20(36)32(21)15(10)22(37)38)26-17(33)13(28-39)16-27-23(24)41-29-16/h5,11-12,14,21,25,39H,3-4,6-8H2,1-2H3,(H,26,33)(H,37,38)(H2,24,27,29)/b9-5+,28-13-/t11-,12+,14+,21+/m0/s1. The van der Waals surface area contributed by atoms with Gasteiger partial charge in [-0.3, -0.25) is 24.1 Å². The van der Waals surface area contributed by atoms with Crippen LogP contribution in [-0.2, 0) is 24.0 Å². The first-order valence-electron chi connectivity index (χ1n) is 12.5. The lowest BCUT2D eigenvalue weighted by atomic mass is 10.0. The summed E-state index contributed by atoms with van der Waals surface area (Å²) in [6.07, 6.45) is 2.42. The van der Waals surface area contributed by atoms with E-state index in [9.17, 15) is 34.3 Å². The quantitative estimate of drug-likeness (QED) is 0.0749. The highest BCUT2D eigenvalue weighted by molar-refractivity contribution is 8.00. The molecule has 0 saturated carbocycles. The maximum atomic E-state index is 13.2. The maximum absolute atomic E-state index is 13.2. The molecule has 1 aromatic heterocycles. The smallest absolute Gasteiger partial charge is 0.352 e. The number of thioether (sulfide) groups is 1. The second kappa shape index (κ2) is 11.1. The normalized spacial score (nSPS) is 27.3. The van der Waals surface area contributed by atoms with E-state index in [1.807, 2.05) is 0 Å². The molecule has 4 aliphatic heterocycles. The average Bonchev–Trinajstić information content (AvgIpc) is 3.67. The summed E-state index contributed by atoms with van der Waals surface area (Å²) in [5, 5.41) is 27.1. The molecule has 5 heterocycles. The SMILES string of the molecule is CN(C)C(=O)[C@H]1C[C@H](N2CC/C(=C\C3=C(C(=O)O)N4C(=O)[C@@H](NC(=O)/C(=N\O)c5nsc(N)n5)[C@H]4SC3)C2=O)CN1. The van der Waals surface area contributed by atoms with Crippen LogP contribution in [0.25, 0.3) is 0 Å². The molecule has 4 atom stereocenters. The van der Waals surface area contributed by atoms with Crippen LogP contribution in [0.2, 0.25) is 0 Å². The molecule has 4 aliphatic rings. The van der Waals surface area contributed by atoms with Crippen molar-refractivity contribution in [2.75, 3.05) is 38.7 Å². The number of anilines is 1. The van der Waals surface area contributed by atoms with Gasteiger partial charge in [-0.15, -0.1) is 11.8 Å². The molecule has 18 heteroatoms. The minimum absolute atomic E-state index is 0.0490. The first-order chi connectivity index (χ1) is 19.5. The van der Waals surface area contributed by atoms with Crippen LogP contribution >= 0.6 is 23.3 Å². The van der Waals surface area contributed by atoms with Gasteiger partial charge in [0.15, 0.2) is 5.13 Å². The number of β-lactam (4-membered cyclic amide) rings is 1. The fraction of sp³-hybridized carbons (Fsp3) is 0.478. The zero-order valence-corrected chi connectivity index (χ0v) is 23.6. The molecule has 0 bridgehead atoms. The molecule has 16 nitrogen and oxygen atoms in total. The van der Waals surface area contributed by atoms with Crippen LogP contribution in [0, 0.1) is 0 Å². The van der Waals surface area contributed by atoms with Gasteiger partial charge in [0, 0.05) is 56.1 Å². The highest BCUT2D eigenvalue weighted by atomic mass is 32.2. The Balaban J connectivity index is 1.29. The van der Waals surface area contributed by atoms with Crippen LogP contribution in [0.3, 0.4) is 0 Å². The van der Waals surface area contributed by atoms with E-state index in [-0.39, 0.29) is 46.3 Å². The zero-order valence-electron chi connectivity index (χ0n) is 21.9. The molecular formula is C23H27N9O7S2. The molecule has 0 unspecified atom stereocenters. The molecular weight excluding hydrogens is 578 g/mol. The third kappa shape index (κ3) is 5.13. The third-order valence-corrected chi connectivity index (χ3v) is 9.09. The van der Waals surface area contributed by atoms with E-state index in [0.29, 0.717) is 37.1 Å². The van der Waals surface area contributed by atoms with Gasteiger partial charge in [-0.2, -0.15) is 9.36 Å². The monoisotopic (exact) mass is 605 g/mol. The Kier molecular flexibility index (Phi) is 7.71. The van der Waals surface area contributed by atoms with Gasteiger partial charge in [0.05, 0.1) is 6.04 Å². The Morgan fingerprint density at radius 3 is 2.68 bits per heavy atom. The van der Waals surface area contributed by atoms with Crippen molar-refractivity contribution in [3.05, 3.63) is 28.7 Å². The lowest BCUT2D eigenvalue weighted by Gasteiger charge is -2.49. The largest absolute Gasteiger partial charge is 0.477 e. The number of nitrogens with zero attached hydrogens (tertiary/aromatic N) is 6. The topological polar surface area (TPSA) is 224 Å². The summed E-state index contributed by atoms with van der Waals surface area (Å²) < 4.78 is 3.82. The van der Waals surface area contributed by atoms with Crippen molar-refractivity contribution in [3.63, 3.8) is 0 Å². The van der Waals surface area contributed by atoms with E-state index in [1.165, 1.54) is 22.7 Å². The number of hydrogen-bond donors (Lipinski definition) is 5. The molecule has 6 N–H and O–H groups in total. The molecule has 0 spiro atoms. The number of likely N-dealkylation sites (tertiary alicyclic amines) is 1. The number of carboxylic acids is 1. The van der Waals surface area contributed by atoms with Crippen molar-refractivity contribution >= 4 is 63.7 Å². The second-order valence-electron chi connectivity index (χ2n) is 9.95. The van der Waals surface area contributed by atoms with Crippen LogP contribution in [-0.4, -0.2) is 126 Å². The van der Waals surface area contributed by atoms with Crippen LogP contribution in [0.1, 0.15) is 18.7 Å². The number of carbonyl (C=O) groups excluding carboxylic acids is 4. The summed E-state index contributed by atoms with van der Waals surface area (Å²) >= 11 is 2.02. The fourth-order valence-corrected chi connectivity index (χ4v) is 7.01. The minimum atomic E-state index is -1.34. The van der Waals surface area contributed by atoms with Crippen molar-refractivity contribution < 1.29 is 34.3 Å². The Bertz CT molecular complexity index is 1420. The van der Waals surface area contributed by atoms with E-state index >= 15 is 0 Å². The van der Waals surface area contributed by atoms with Crippen LogP contribution < -0.4 is 16.4 Å². The number of nitrogen functional groups attached to an aromatic ring is 1. The van der Waals surface area contributed by atoms with E-state index < -0.39 is 34.9 Å². The summed E-state index contributed by atoms with van der Waals surface area (Å²) in [6.45, 7) is 0.921. The number of amides is 4. The van der Waals surface area contributed by atoms with Crippen LogP contribution in [0.4, 0.5) is 5.13 Å². The molecule has 3 saturated heterocycles. The van der Waals surface area contributed by atoms with Gasteiger partial charge in [-0.25, -0.2) is 4.79 Å². The zero-order chi connectivity index (χ0) is 29.6. The first-order valence-corrected chi connectivity index (χ1v) is 14.3. The van der Waals surface area contributed by atoms with E-state index in [2.05, 4.69) is 25.1 Å². The number of likely N-dealkylation sites (N-methyl/N-ethyl adjacent to an activating group) is 1. The number of allylic oxidation sites excluding steroid dienone is 1. The predicted molar refractivity (Wildman–Crippen MR) is 146 cm³/mol. The molecule has 0 radical (unpaired) electrons. The summed E-state index contributed by atoms with van der Waals surface area (Å²) in [5.74, 6) is -3.26. The number of nitrogens with one attached hydrogen (secondary N) is 2. The number of oxime groups is 1. The molecule has 3 fully saturated rings. The summed E-state index contributed by atoms with van der Waals surface area (Å²) in [4.78, 5) is 71.6. The molecule has 41 heavy (non-hydrogen) atoms.